The highest BCUT2D eigenvalue weighted by molar-refractivity contribution is 7.14. The Bertz CT molecular complexity index is 535. The predicted octanol–water partition coefficient (Wildman–Crippen LogP) is 3.04. The number of rotatable bonds is 3. The van der Waals surface area contributed by atoms with E-state index in [4.69, 9.17) is 9.84 Å². The van der Waals surface area contributed by atoms with Gasteiger partial charge in [0.15, 0.2) is 5.06 Å². The van der Waals surface area contributed by atoms with Crippen LogP contribution in [0.15, 0.2) is 6.07 Å². The fourth-order valence-corrected chi connectivity index (χ4v) is 4.33. The third-order valence-electron chi connectivity index (χ3n) is 4.62. The Hall–Kier alpha value is -1.27. The maximum absolute atomic E-state index is 11.1. The van der Waals surface area contributed by atoms with Crippen molar-refractivity contribution in [2.24, 2.45) is 0 Å². The molecular formula is C16H24N2O3S. The summed E-state index contributed by atoms with van der Waals surface area (Å²) in [5.41, 5.74) is 1.26. The van der Waals surface area contributed by atoms with Gasteiger partial charge in [0.25, 0.3) is 0 Å². The molecule has 0 unspecified atom stereocenters. The topological polar surface area (TPSA) is 53.0 Å². The summed E-state index contributed by atoms with van der Waals surface area (Å²) in [6, 6.07) is 2.73. The van der Waals surface area contributed by atoms with Gasteiger partial charge in [0.2, 0.25) is 0 Å². The van der Waals surface area contributed by atoms with Crippen LogP contribution in [0.25, 0.3) is 0 Å². The molecule has 2 aliphatic heterocycles. The highest BCUT2D eigenvalue weighted by Gasteiger charge is 2.25. The van der Waals surface area contributed by atoms with Gasteiger partial charge in [-0.2, -0.15) is 0 Å². The molecule has 22 heavy (non-hydrogen) atoms. The SMILES string of the molecule is CC(C)N1CCC(Oc2cc3c(s2)CN(C(=O)O)CC3)CC1. The lowest BCUT2D eigenvalue weighted by molar-refractivity contribution is 0.0868. The number of hydrogen-bond donors (Lipinski definition) is 1. The first kappa shape index (κ1) is 15.6. The lowest BCUT2D eigenvalue weighted by atomic mass is 10.1. The zero-order valence-electron chi connectivity index (χ0n) is 13.2. The van der Waals surface area contributed by atoms with E-state index in [0.717, 1.165) is 42.3 Å². The first-order valence-electron chi connectivity index (χ1n) is 8.03. The summed E-state index contributed by atoms with van der Waals surface area (Å²) in [6.07, 6.45) is 2.41. The van der Waals surface area contributed by atoms with Crippen molar-refractivity contribution in [3.8, 4) is 5.06 Å². The minimum atomic E-state index is -0.831. The fraction of sp³-hybridized carbons (Fsp3) is 0.688. The normalized spacial score (nSPS) is 20.2. The van der Waals surface area contributed by atoms with E-state index in [9.17, 15) is 4.79 Å². The first-order valence-corrected chi connectivity index (χ1v) is 8.84. The van der Waals surface area contributed by atoms with Gasteiger partial charge in [0.05, 0.1) is 6.54 Å². The van der Waals surface area contributed by atoms with Crippen LogP contribution in [0.1, 0.15) is 37.1 Å². The van der Waals surface area contributed by atoms with Gasteiger partial charge in [0, 0.05) is 30.6 Å². The molecular weight excluding hydrogens is 300 g/mol. The van der Waals surface area contributed by atoms with Crippen LogP contribution < -0.4 is 4.74 Å². The molecule has 0 radical (unpaired) electrons. The Morgan fingerprint density at radius 2 is 2.09 bits per heavy atom. The molecule has 0 aliphatic carbocycles. The Labute approximate surface area is 135 Å². The Morgan fingerprint density at radius 3 is 2.73 bits per heavy atom. The van der Waals surface area contributed by atoms with Crippen LogP contribution in [-0.4, -0.2) is 52.8 Å². The molecule has 6 heteroatoms. The van der Waals surface area contributed by atoms with Crippen molar-refractivity contribution in [3.05, 3.63) is 16.5 Å². The maximum Gasteiger partial charge on any atom is 0.407 e. The number of carboxylic acid groups (broad SMARTS) is 1. The highest BCUT2D eigenvalue weighted by Crippen LogP contribution is 2.35. The van der Waals surface area contributed by atoms with Crippen LogP contribution in [0.3, 0.4) is 0 Å². The summed E-state index contributed by atoms with van der Waals surface area (Å²) in [7, 11) is 0. The molecule has 1 aromatic rings. The summed E-state index contributed by atoms with van der Waals surface area (Å²) >= 11 is 1.62. The van der Waals surface area contributed by atoms with Gasteiger partial charge in [-0.25, -0.2) is 4.79 Å². The molecule has 0 bridgehead atoms. The molecule has 2 aliphatic rings. The van der Waals surface area contributed by atoms with Crippen molar-refractivity contribution in [2.75, 3.05) is 19.6 Å². The second-order valence-electron chi connectivity index (χ2n) is 6.41. The second-order valence-corrected chi connectivity index (χ2v) is 7.51. The molecule has 1 saturated heterocycles. The number of amides is 1. The Balaban J connectivity index is 1.58. The van der Waals surface area contributed by atoms with E-state index in [1.807, 2.05) is 0 Å². The van der Waals surface area contributed by atoms with E-state index in [2.05, 4.69) is 24.8 Å². The van der Waals surface area contributed by atoms with Gasteiger partial charge in [0.1, 0.15) is 6.10 Å². The van der Waals surface area contributed by atoms with E-state index in [1.165, 1.54) is 10.5 Å². The molecule has 3 heterocycles. The van der Waals surface area contributed by atoms with Gasteiger partial charge >= 0.3 is 6.09 Å². The predicted molar refractivity (Wildman–Crippen MR) is 86.8 cm³/mol. The van der Waals surface area contributed by atoms with Crippen LogP contribution in [0.2, 0.25) is 0 Å². The molecule has 122 valence electrons. The van der Waals surface area contributed by atoms with Crippen LogP contribution in [0.4, 0.5) is 4.79 Å². The van der Waals surface area contributed by atoms with E-state index in [0.29, 0.717) is 25.2 Å². The maximum atomic E-state index is 11.1. The van der Waals surface area contributed by atoms with Crippen LogP contribution in [0, 0.1) is 0 Å². The summed E-state index contributed by atoms with van der Waals surface area (Å²) in [4.78, 5) is 16.2. The molecule has 0 aromatic carbocycles. The molecule has 0 atom stereocenters. The largest absolute Gasteiger partial charge is 0.481 e. The third kappa shape index (κ3) is 3.38. The monoisotopic (exact) mass is 324 g/mol. The zero-order chi connectivity index (χ0) is 15.7. The van der Waals surface area contributed by atoms with Gasteiger partial charge < -0.3 is 19.6 Å². The molecule has 1 amide bonds. The minimum Gasteiger partial charge on any atom is -0.481 e. The molecule has 0 saturated carbocycles. The lowest BCUT2D eigenvalue weighted by Crippen LogP contribution is -2.41. The van der Waals surface area contributed by atoms with Crippen molar-refractivity contribution in [2.45, 2.75) is 51.8 Å². The summed E-state index contributed by atoms with van der Waals surface area (Å²) in [5.74, 6) is 0. The van der Waals surface area contributed by atoms with Crippen LogP contribution >= 0.6 is 11.3 Å². The Morgan fingerprint density at radius 1 is 1.36 bits per heavy atom. The van der Waals surface area contributed by atoms with Crippen molar-refractivity contribution in [3.63, 3.8) is 0 Å². The summed E-state index contributed by atoms with van der Waals surface area (Å²) in [5, 5.41) is 10.1. The standard InChI is InChI=1S/C16H24N2O3S/c1-11(2)17-7-4-13(5-8-17)21-15-9-12-3-6-18(16(19)20)10-14(12)22-15/h9,11,13H,3-8,10H2,1-2H3,(H,19,20). The number of fused-ring (bicyclic) bond motifs is 1. The van der Waals surface area contributed by atoms with E-state index in [-0.39, 0.29) is 0 Å². The van der Waals surface area contributed by atoms with E-state index >= 15 is 0 Å². The fourth-order valence-electron chi connectivity index (χ4n) is 3.19. The van der Waals surface area contributed by atoms with Crippen molar-refractivity contribution < 1.29 is 14.6 Å². The molecule has 1 aromatic heterocycles. The van der Waals surface area contributed by atoms with Crippen molar-refractivity contribution in [1.29, 1.82) is 0 Å². The first-order chi connectivity index (χ1) is 10.5. The quantitative estimate of drug-likeness (QED) is 0.928. The van der Waals surface area contributed by atoms with E-state index in [1.54, 1.807) is 11.3 Å². The van der Waals surface area contributed by atoms with Crippen LogP contribution in [0.5, 0.6) is 5.06 Å². The zero-order valence-corrected chi connectivity index (χ0v) is 14.1. The smallest absolute Gasteiger partial charge is 0.407 e. The molecule has 5 nitrogen and oxygen atoms in total. The third-order valence-corrected chi connectivity index (χ3v) is 5.67. The lowest BCUT2D eigenvalue weighted by Gasteiger charge is -2.34. The minimum absolute atomic E-state index is 0.297. The van der Waals surface area contributed by atoms with Gasteiger partial charge in [-0.1, -0.05) is 0 Å². The molecule has 0 spiro atoms. The summed E-state index contributed by atoms with van der Waals surface area (Å²) in [6.45, 7) is 7.77. The number of likely N-dealkylation sites (tertiary alicyclic amines) is 1. The molecule has 3 rings (SSSR count). The summed E-state index contributed by atoms with van der Waals surface area (Å²) < 4.78 is 6.16. The van der Waals surface area contributed by atoms with E-state index < -0.39 is 6.09 Å². The van der Waals surface area contributed by atoms with Gasteiger partial charge in [-0.05, 0) is 44.7 Å². The van der Waals surface area contributed by atoms with Gasteiger partial charge in [-0.3, -0.25) is 0 Å². The number of piperidine rings is 1. The highest BCUT2D eigenvalue weighted by atomic mass is 32.1. The van der Waals surface area contributed by atoms with Crippen LogP contribution in [-0.2, 0) is 13.0 Å². The van der Waals surface area contributed by atoms with Crippen molar-refractivity contribution >= 4 is 17.4 Å². The number of hydrogen-bond acceptors (Lipinski definition) is 4. The Kier molecular flexibility index (Phi) is 4.59. The average Bonchev–Trinajstić information content (AvgIpc) is 2.88. The number of ether oxygens (including phenoxy) is 1. The second kappa shape index (κ2) is 6.46. The average molecular weight is 324 g/mol. The molecule has 1 fully saturated rings. The van der Waals surface area contributed by atoms with Crippen molar-refractivity contribution in [1.82, 2.24) is 9.80 Å². The van der Waals surface area contributed by atoms with Gasteiger partial charge in [-0.15, -0.1) is 11.3 Å². The molecule has 1 N–H and O–H groups in total. The number of nitrogens with zero attached hydrogens (tertiary/aromatic N) is 2. The number of carbonyl (C=O) groups is 1. The number of thiophene rings is 1.